The lowest BCUT2D eigenvalue weighted by Crippen LogP contribution is -2.49. The number of ether oxygens (including phenoxy) is 1. The van der Waals surface area contributed by atoms with E-state index in [1.165, 1.54) is 6.42 Å². The zero-order valence-electron chi connectivity index (χ0n) is 11.4. The van der Waals surface area contributed by atoms with Gasteiger partial charge in [0.05, 0.1) is 16.8 Å². The molecule has 0 saturated heterocycles. The van der Waals surface area contributed by atoms with Crippen LogP contribution in [0.25, 0.3) is 0 Å². The number of rotatable bonds is 8. The Bertz CT molecular complexity index is 378. The van der Waals surface area contributed by atoms with Crippen LogP contribution in [0.2, 0.25) is 0 Å². The Balaban J connectivity index is 2.59. The van der Waals surface area contributed by atoms with Crippen molar-refractivity contribution >= 4 is 27.2 Å². The molecule has 0 aromatic rings. The predicted molar refractivity (Wildman–Crippen MR) is 80.6 cm³/mol. The van der Waals surface area contributed by atoms with Gasteiger partial charge in [-0.1, -0.05) is 31.5 Å². The topological polar surface area (TPSA) is 81.4 Å². The molecule has 1 aliphatic carbocycles. The maximum atomic E-state index is 12.0. The quantitative estimate of drug-likeness (QED) is 0.520. The van der Waals surface area contributed by atoms with E-state index in [1.54, 1.807) is 7.11 Å². The summed E-state index contributed by atoms with van der Waals surface area (Å²) in [4.78, 5) is 0.252. The van der Waals surface area contributed by atoms with Crippen molar-refractivity contribution in [2.24, 2.45) is 11.7 Å². The first kappa shape index (κ1) is 16.8. The fourth-order valence-corrected chi connectivity index (χ4v) is 4.15. The lowest BCUT2D eigenvalue weighted by Gasteiger charge is -2.30. The summed E-state index contributed by atoms with van der Waals surface area (Å²) in [6, 6.07) is -0.400. The van der Waals surface area contributed by atoms with Gasteiger partial charge in [-0.3, -0.25) is 0 Å². The largest absolute Gasteiger partial charge is 0.392 e. The molecule has 1 unspecified atom stereocenters. The highest BCUT2D eigenvalue weighted by atomic mass is 32.2. The summed E-state index contributed by atoms with van der Waals surface area (Å²) in [6.07, 6.45) is 5.90. The van der Waals surface area contributed by atoms with Crippen molar-refractivity contribution in [3.05, 3.63) is 0 Å². The van der Waals surface area contributed by atoms with Crippen LogP contribution in [-0.4, -0.2) is 38.9 Å². The van der Waals surface area contributed by atoms with Crippen molar-refractivity contribution in [3.8, 4) is 0 Å². The Kier molecular flexibility index (Phi) is 7.20. The zero-order valence-corrected chi connectivity index (χ0v) is 13.1. The van der Waals surface area contributed by atoms with E-state index >= 15 is 0 Å². The number of sulfonamides is 1. The molecule has 0 aromatic carbocycles. The third kappa shape index (κ3) is 6.16. The van der Waals surface area contributed by atoms with Crippen molar-refractivity contribution in [2.45, 2.75) is 44.6 Å². The van der Waals surface area contributed by atoms with Gasteiger partial charge in [-0.25, -0.2) is 13.1 Å². The number of methoxy groups -OCH3 is 1. The maximum Gasteiger partial charge on any atom is 0.212 e. The maximum absolute atomic E-state index is 12.0. The molecule has 0 radical (unpaired) electrons. The Hall–Kier alpha value is -0.240. The summed E-state index contributed by atoms with van der Waals surface area (Å²) in [6.45, 7) is 0.433. The monoisotopic (exact) mass is 308 g/mol. The summed E-state index contributed by atoms with van der Waals surface area (Å²) in [5.74, 6) is 0.288. The Labute approximate surface area is 121 Å². The zero-order chi connectivity index (χ0) is 14.3. The number of hydrogen-bond donors (Lipinski definition) is 2. The summed E-state index contributed by atoms with van der Waals surface area (Å²) in [5.41, 5.74) is 5.71. The molecule has 1 saturated carbocycles. The average molecular weight is 308 g/mol. The van der Waals surface area contributed by atoms with Gasteiger partial charge in [0.2, 0.25) is 10.0 Å². The standard InChI is InChI=1S/C12H24N2O3S2/c1-17-8-5-9-19(15,16)14-11(12(13)18)10-6-3-2-4-7-10/h10-11,14H,2-9H2,1H3,(H2,13,18). The normalized spacial score (nSPS) is 19.2. The van der Waals surface area contributed by atoms with E-state index in [1.807, 2.05) is 0 Å². The lowest BCUT2D eigenvalue weighted by atomic mass is 9.84. The molecular formula is C12H24N2O3S2. The van der Waals surface area contributed by atoms with Crippen molar-refractivity contribution in [2.75, 3.05) is 19.5 Å². The molecule has 1 atom stereocenters. The fourth-order valence-electron chi connectivity index (χ4n) is 2.50. The predicted octanol–water partition coefficient (Wildman–Crippen LogP) is 1.18. The summed E-state index contributed by atoms with van der Waals surface area (Å²) in [7, 11) is -1.79. The van der Waals surface area contributed by atoms with Gasteiger partial charge in [-0.2, -0.15) is 0 Å². The van der Waals surface area contributed by atoms with E-state index < -0.39 is 16.1 Å². The molecule has 19 heavy (non-hydrogen) atoms. The van der Waals surface area contributed by atoms with Gasteiger partial charge >= 0.3 is 0 Å². The van der Waals surface area contributed by atoms with E-state index in [2.05, 4.69) is 4.72 Å². The van der Waals surface area contributed by atoms with Gasteiger partial charge in [-0.15, -0.1) is 0 Å². The van der Waals surface area contributed by atoms with Crippen LogP contribution in [0.5, 0.6) is 0 Å². The Morgan fingerprint density at radius 3 is 2.58 bits per heavy atom. The smallest absolute Gasteiger partial charge is 0.212 e. The molecule has 0 spiro atoms. The number of nitrogens with one attached hydrogen (secondary N) is 1. The third-order valence-corrected chi connectivity index (χ3v) is 5.19. The molecule has 1 rings (SSSR count). The highest BCUT2D eigenvalue weighted by Crippen LogP contribution is 2.27. The average Bonchev–Trinajstić information content (AvgIpc) is 2.37. The van der Waals surface area contributed by atoms with Gasteiger partial charge in [0, 0.05) is 13.7 Å². The van der Waals surface area contributed by atoms with Gasteiger partial charge in [0.1, 0.15) is 0 Å². The minimum atomic E-state index is -3.34. The molecule has 1 aliphatic rings. The van der Waals surface area contributed by atoms with E-state index in [9.17, 15) is 8.42 Å². The first-order valence-corrected chi connectivity index (χ1v) is 8.80. The van der Waals surface area contributed by atoms with Crippen LogP contribution in [0.3, 0.4) is 0 Å². The van der Waals surface area contributed by atoms with Gasteiger partial charge in [0.25, 0.3) is 0 Å². The molecule has 1 fully saturated rings. The molecule has 0 heterocycles. The second-order valence-electron chi connectivity index (χ2n) is 5.06. The first-order chi connectivity index (χ1) is 8.96. The minimum Gasteiger partial charge on any atom is -0.392 e. The summed E-state index contributed by atoms with van der Waals surface area (Å²) < 4.78 is 31.5. The molecule has 3 N–H and O–H groups in total. The lowest BCUT2D eigenvalue weighted by molar-refractivity contribution is 0.199. The van der Waals surface area contributed by atoms with Crippen LogP contribution >= 0.6 is 12.2 Å². The van der Waals surface area contributed by atoms with Crippen LogP contribution < -0.4 is 10.5 Å². The first-order valence-electron chi connectivity index (χ1n) is 6.74. The molecule has 0 aromatic heterocycles. The van der Waals surface area contributed by atoms with Gasteiger partial charge < -0.3 is 10.5 Å². The van der Waals surface area contributed by atoms with Crippen LogP contribution in [0.4, 0.5) is 0 Å². The molecule has 5 nitrogen and oxygen atoms in total. The van der Waals surface area contributed by atoms with E-state index in [-0.39, 0.29) is 16.7 Å². The molecule has 0 amide bonds. The van der Waals surface area contributed by atoms with Crippen LogP contribution in [-0.2, 0) is 14.8 Å². The molecule has 7 heteroatoms. The molecular weight excluding hydrogens is 284 g/mol. The second kappa shape index (κ2) is 8.14. The van der Waals surface area contributed by atoms with Gasteiger partial charge in [0.15, 0.2) is 0 Å². The number of nitrogens with two attached hydrogens (primary N) is 1. The summed E-state index contributed by atoms with van der Waals surface area (Å²) in [5, 5.41) is 0. The van der Waals surface area contributed by atoms with Crippen LogP contribution in [0.15, 0.2) is 0 Å². The van der Waals surface area contributed by atoms with Crippen LogP contribution in [0, 0.1) is 5.92 Å². The Morgan fingerprint density at radius 1 is 1.42 bits per heavy atom. The Morgan fingerprint density at radius 2 is 2.05 bits per heavy atom. The van der Waals surface area contributed by atoms with Gasteiger partial charge in [-0.05, 0) is 25.2 Å². The highest BCUT2D eigenvalue weighted by molar-refractivity contribution is 7.89. The fraction of sp³-hybridized carbons (Fsp3) is 0.917. The number of thiocarbonyl (C=S) groups is 1. The number of hydrogen-bond acceptors (Lipinski definition) is 4. The molecule has 0 bridgehead atoms. The molecule has 112 valence electrons. The van der Waals surface area contributed by atoms with E-state index in [0.29, 0.717) is 13.0 Å². The van der Waals surface area contributed by atoms with Crippen molar-refractivity contribution in [1.82, 2.24) is 4.72 Å². The van der Waals surface area contributed by atoms with Crippen molar-refractivity contribution in [3.63, 3.8) is 0 Å². The SMILES string of the molecule is COCCCS(=O)(=O)NC(C(N)=S)C1CCCCC1. The highest BCUT2D eigenvalue weighted by Gasteiger charge is 2.29. The third-order valence-electron chi connectivity index (χ3n) is 3.50. The van der Waals surface area contributed by atoms with E-state index in [4.69, 9.17) is 22.7 Å². The summed E-state index contributed by atoms with van der Waals surface area (Å²) >= 11 is 5.03. The molecule has 0 aliphatic heterocycles. The van der Waals surface area contributed by atoms with Crippen molar-refractivity contribution < 1.29 is 13.2 Å². The second-order valence-corrected chi connectivity index (χ2v) is 7.41. The van der Waals surface area contributed by atoms with Crippen LogP contribution in [0.1, 0.15) is 38.5 Å². The van der Waals surface area contributed by atoms with E-state index in [0.717, 1.165) is 25.7 Å². The van der Waals surface area contributed by atoms with Crippen molar-refractivity contribution in [1.29, 1.82) is 0 Å². The minimum absolute atomic E-state index is 0.0483.